The van der Waals surface area contributed by atoms with Crippen molar-refractivity contribution in [2.75, 3.05) is 13.1 Å². The van der Waals surface area contributed by atoms with Gasteiger partial charge in [-0.2, -0.15) is 0 Å². The van der Waals surface area contributed by atoms with Crippen molar-refractivity contribution in [1.82, 2.24) is 5.32 Å². The summed E-state index contributed by atoms with van der Waals surface area (Å²) in [4.78, 5) is 0. The van der Waals surface area contributed by atoms with Gasteiger partial charge in [0.1, 0.15) is 5.82 Å². The summed E-state index contributed by atoms with van der Waals surface area (Å²) < 4.78 is 14.0. The molecule has 1 N–H and O–H groups in total. The molecule has 1 aromatic carbocycles. The Morgan fingerprint density at radius 2 is 1.89 bits per heavy atom. The molecule has 0 spiro atoms. The summed E-state index contributed by atoms with van der Waals surface area (Å²) in [7, 11) is 0. The fourth-order valence-electron chi connectivity index (χ4n) is 1.89. The molecule has 0 aromatic heterocycles. The predicted octanol–water partition coefficient (Wildman–Crippen LogP) is 4.40. The lowest BCUT2D eigenvalue weighted by atomic mass is 10.0. The Hall–Kier alpha value is -0.410. The van der Waals surface area contributed by atoms with Gasteiger partial charge in [0.25, 0.3) is 0 Å². The minimum atomic E-state index is -0.162. The van der Waals surface area contributed by atoms with E-state index in [2.05, 4.69) is 42.0 Å². The zero-order valence-electron chi connectivity index (χ0n) is 11.5. The van der Waals surface area contributed by atoms with Crippen LogP contribution in [0.3, 0.4) is 0 Å². The second-order valence-electron chi connectivity index (χ2n) is 5.47. The molecule has 0 saturated heterocycles. The molecule has 1 unspecified atom stereocenters. The Kier molecular flexibility index (Phi) is 6.87. The normalized spacial score (nSPS) is 13.0. The van der Waals surface area contributed by atoms with Crippen molar-refractivity contribution >= 4 is 15.9 Å². The SMILES string of the molecule is CC(C)CNCC(C)CCc1cc(F)cc(Br)c1. The number of hydrogen-bond acceptors (Lipinski definition) is 1. The molecule has 0 aliphatic heterocycles. The van der Waals surface area contributed by atoms with Gasteiger partial charge < -0.3 is 5.32 Å². The lowest BCUT2D eigenvalue weighted by Crippen LogP contribution is -2.25. The minimum absolute atomic E-state index is 0.162. The first-order valence-corrected chi connectivity index (χ1v) is 7.42. The Morgan fingerprint density at radius 1 is 1.17 bits per heavy atom. The van der Waals surface area contributed by atoms with Crippen LogP contribution in [0.2, 0.25) is 0 Å². The van der Waals surface area contributed by atoms with Crippen LogP contribution >= 0.6 is 15.9 Å². The average molecular weight is 316 g/mol. The fourth-order valence-corrected chi connectivity index (χ4v) is 2.40. The summed E-state index contributed by atoms with van der Waals surface area (Å²) in [6.45, 7) is 8.76. The molecule has 0 saturated carbocycles. The Morgan fingerprint density at radius 3 is 2.50 bits per heavy atom. The van der Waals surface area contributed by atoms with Crippen molar-refractivity contribution < 1.29 is 4.39 Å². The molecule has 1 aromatic rings. The molecule has 1 atom stereocenters. The van der Waals surface area contributed by atoms with Crippen LogP contribution in [0.15, 0.2) is 22.7 Å². The smallest absolute Gasteiger partial charge is 0.124 e. The maximum absolute atomic E-state index is 13.2. The molecule has 0 aliphatic rings. The molecule has 18 heavy (non-hydrogen) atoms. The third-order valence-electron chi connectivity index (χ3n) is 2.89. The number of aryl methyl sites for hydroxylation is 1. The number of halogens is 2. The first kappa shape index (κ1) is 15.6. The third kappa shape index (κ3) is 6.50. The maximum Gasteiger partial charge on any atom is 0.124 e. The second-order valence-corrected chi connectivity index (χ2v) is 6.39. The highest BCUT2D eigenvalue weighted by molar-refractivity contribution is 9.10. The molecule has 0 bridgehead atoms. The Balaban J connectivity index is 2.31. The van der Waals surface area contributed by atoms with Crippen molar-refractivity contribution in [3.63, 3.8) is 0 Å². The van der Waals surface area contributed by atoms with E-state index in [-0.39, 0.29) is 5.82 Å². The largest absolute Gasteiger partial charge is 0.316 e. The van der Waals surface area contributed by atoms with E-state index in [1.54, 1.807) is 6.07 Å². The standard InChI is InChI=1S/C15H23BrFN/c1-11(2)9-18-10-12(3)4-5-13-6-14(16)8-15(17)7-13/h6-8,11-12,18H,4-5,9-10H2,1-3H3. The van der Waals surface area contributed by atoms with E-state index in [0.29, 0.717) is 11.8 Å². The molecule has 102 valence electrons. The number of hydrogen-bond donors (Lipinski definition) is 1. The second kappa shape index (κ2) is 7.90. The van der Waals surface area contributed by atoms with Crippen molar-refractivity contribution in [1.29, 1.82) is 0 Å². The topological polar surface area (TPSA) is 12.0 Å². The van der Waals surface area contributed by atoms with Crippen LogP contribution in [0.5, 0.6) is 0 Å². The molecule has 0 fully saturated rings. The lowest BCUT2D eigenvalue weighted by Gasteiger charge is -2.14. The van der Waals surface area contributed by atoms with Crippen molar-refractivity contribution in [2.45, 2.75) is 33.6 Å². The van der Waals surface area contributed by atoms with E-state index < -0.39 is 0 Å². The van der Waals surface area contributed by atoms with Gasteiger partial charge in [0.05, 0.1) is 0 Å². The summed E-state index contributed by atoms with van der Waals surface area (Å²) in [6, 6.07) is 5.12. The fraction of sp³-hybridized carbons (Fsp3) is 0.600. The highest BCUT2D eigenvalue weighted by Crippen LogP contribution is 2.17. The van der Waals surface area contributed by atoms with Gasteiger partial charge in [-0.3, -0.25) is 0 Å². The van der Waals surface area contributed by atoms with Gasteiger partial charge in [-0.1, -0.05) is 36.7 Å². The summed E-state index contributed by atoms with van der Waals surface area (Å²) >= 11 is 3.33. The van der Waals surface area contributed by atoms with E-state index in [1.807, 2.05) is 6.07 Å². The van der Waals surface area contributed by atoms with Crippen LogP contribution in [0, 0.1) is 17.7 Å². The zero-order chi connectivity index (χ0) is 13.5. The van der Waals surface area contributed by atoms with Crippen LogP contribution in [0.4, 0.5) is 4.39 Å². The van der Waals surface area contributed by atoms with Crippen molar-refractivity contribution in [3.8, 4) is 0 Å². The number of benzene rings is 1. The van der Waals surface area contributed by atoms with E-state index in [4.69, 9.17) is 0 Å². The molecule has 0 heterocycles. The minimum Gasteiger partial charge on any atom is -0.316 e. The van der Waals surface area contributed by atoms with Crippen molar-refractivity contribution in [2.24, 2.45) is 11.8 Å². The van der Waals surface area contributed by atoms with Gasteiger partial charge in [-0.25, -0.2) is 4.39 Å². The summed E-state index contributed by atoms with van der Waals surface area (Å²) in [5, 5.41) is 3.46. The van der Waals surface area contributed by atoms with Crippen LogP contribution in [0.1, 0.15) is 32.8 Å². The number of nitrogens with one attached hydrogen (secondary N) is 1. The van der Waals surface area contributed by atoms with Crippen LogP contribution in [-0.2, 0) is 6.42 Å². The Bertz CT molecular complexity index is 345. The molecule has 0 amide bonds. The molecule has 0 radical (unpaired) electrons. The highest BCUT2D eigenvalue weighted by Gasteiger charge is 2.05. The number of rotatable bonds is 7. The maximum atomic E-state index is 13.2. The molecule has 1 rings (SSSR count). The van der Waals surface area contributed by atoms with E-state index >= 15 is 0 Å². The predicted molar refractivity (Wildman–Crippen MR) is 79.3 cm³/mol. The summed E-state index contributed by atoms with van der Waals surface area (Å²) in [5.41, 5.74) is 1.07. The van der Waals surface area contributed by atoms with Gasteiger partial charge >= 0.3 is 0 Å². The molecular formula is C15H23BrFN. The molecular weight excluding hydrogens is 293 g/mol. The zero-order valence-corrected chi connectivity index (χ0v) is 13.1. The van der Waals surface area contributed by atoms with E-state index in [1.165, 1.54) is 6.07 Å². The average Bonchev–Trinajstić information content (AvgIpc) is 2.24. The highest BCUT2D eigenvalue weighted by atomic mass is 79.9. The van der Waals surface area contributed by atoms with E-state index in [0.717, 1.165) is 36.0 Å². The molecule has 1 nitrogen and oxygen atoms in total. The summed E-state index contributed by atoms with van der Waals surface area (Å²) in [6.07, 6.45) is 2.02. The van der Waals surface area contributed by atoms with Gasteiger partial charge in [-0.05, 0) is 61.5 Å². The van der Waals surface area contributed by atoms with Crippen LogP contribution in [0.25, 0.3) is 0 Å². The quantitative estimate of drug-likeness (QED) is 0.786. The summed E-state index contributed by atoms with van der Waals surface area (Å²) in [5.74, 6) is 1.15. The van der Waals surface area contributed by atoms with Gasteiger partial charge in [0, 0.05) is 4.47 Å². The van der Waals surface area contributed by atoms with Gasteiger partial charge in [0.15, 0.2) is 0 Å². The first-order chi connectivity index (χ1) is 8.47. The first-order valence-electron chi connectivity index (χ1n) is 6.63. The van der Waals surface area contributed by atoms with Gasteiger partial charge in [-0.15, -0.1) is 0 Å². The Labute approximate surface area is 118 Å². The lowest BCUT2D eigenvalue weighted by molar-refractivity contribution is 0.453. The molecule has 0 aliphatic carbocycles. The van der Waals surface area contributed by atoms with Crippen molar-refractivity contribution in [3.05, 3.63) is 34.1 Å². The third-order valence-corrected chi connectivity index (χ3v) is 3.35. The van der Waals surface area contributed by atoms with Crippen LogP contribution < -0.4 is 5.32 Å². The van der Waals surface area contributed by atoms with E-state index in [9.17, 15) is 4.39 Å². The van der Waals surface area contributed by atoms with Crippen LogP contribution in [-0.4, -0.2) is 13.1 Å². The monoisotopic (exact) mass is 315 g/mol. The molecule has 3 heteroatoms. The van der Waals surface area contributed by atoms with Gasteiger partial charge in [0.2, 0.25) is 0 Å².